The molecule has 0 unspecified atom stereocenters. The number of ether oxygens (including phenoxy) is 2. The van der Waals surface area contributed by atoms with Gasteiger partial charge in [-0.3, -0.25) is 0 Å². The highest BCUT2D eigenvalue weighted by Gasteiger charge is 2.18. The monoisotopic (exact) mass is 307 g/mol. The quantitative estimate of drug-likeness (QED) is 0.924. The molecule has 1 heterocycles. The van der Waals surface area contributed by atoms with Crippen molar-refractivity contribution in [1.29, 1.82) is 0 Å². The predicted octanol–water partition coefficient (Wildman–Crippen LogP) is 4.06. The second-order valence-electron chi connectivity index (χ2n) is 4.97. The lowest BCUT2D eigenvalue weighted by atomic mass is 10.1. The summed E-state index contributed by atoms with van der Waals surface area (Å²) in [6, 6.07) is 10.4. The van der Waals surface area contributed by atoms with Gasteiger partial charge < -0.3 is 14.8 Å². The van der Waals surface area contributed by atoms with E-state index in [1.807, 2.05) is 19.1 Å². The van der Waals surface area contributed by atoms with Gasteiger partial charge in [-0.25, -0.2) is 4.39 Å². The Morgan fingerprint density at radius 3 is 2.76 bits per heavy atom. The fourth-order valence-electron chi connectivity index (χ4n) is 2.26. The van der Waals surface area contributed by atoms with Crippen LogP contribution in [0.15, 0.2) is 36.4 Å². The number of rotatable bonds is 4. The largest absolute Gasteiger partial charge is 0.454 e. The molecule has 2 aromatic rings. The molecular formula is C16H15ClFNO2. The van der Waals surface area contributed by atoms with Gasteiger partial charge in [0, 0.05) is 12.6 Å². The van der Waals surface area contributed by atoms with Crippen LogP contribution in [-0.2, 0) is 6.54 Å². The Bertz CT molecular complexity index is 645. The van der Waals surface area contributed by atoms with E-state index in [4.69, 9.17) is 21.1 Å². The summed E-state index contributed by atoms with van der Waals surface area (Å²) in [5, 5.41) is 3.93. The zero-order chi connectivity index (χ0) is 14.8. The van der Waals surface area contributed by atoms with Crippen LogP contribution in [0, 0.1) is 5.82 Å². The number of halogens is 2. The van der Waals surface area contributed by atoms with Gasteiger partial charge in [-0.15, -0.1) is 0 Å². The van der Waals surface area contributed by atoms with Crippen LogP contribution < -0.4 is 14.8 Å². The minimum atomic E-state index is -0.228. The van der Waals surface area contributed by atoms with Crippen molar-refractivity contribution >= 4 is 11.6 Å². The maximum Gasteiger partial charge on any atom is 0.231 e. The first kappa shape index (κ1) is 14.2. The van der Waals surface area contributed by atoms with E-state index in [0.29, 0.717) is 23.1 Å². The average molecular weight is 308 g/mol. The molecule has 0 aliphatic carbocycles. The second-order valence-corrected chi connectivity index (χ2v) is 5.37. The zero-order valence-corrected chi connectivity index (χ0v) is 12.3. The molecule has 0 bridgehead atoms. The molecule has 1 atom stereocenters. The average Bonchev–Trinajstić information content (AvgIpc) is 2.94. The lowest BCUT2D eigenvalue weighted by Gasteiger charge is -2.15. The van der Waals surface area contributed by atoms with E-state index in [1.165, 1.54) is 12.1 Å². The van der Waals surface area contributed by atoms with E-state index in [2.05, 4.69) is 5.32 Å². The van der Waals surface area contributed by atoms with E-state index in [-0.39, 0.29) is 18.7 Å². The fourth-order valence-corrected chi connectivity index (χ4v) is 2.55. The number of hydrogen-bond donors (Lipinski definition) is 1. The summed E-state index contributed by atoms with van der Waals surface area (Å²) in [5.41, 5.74) is 2.04. The Labute approximate surface area is 127 Å². The van der Waals surface area contributed by atoms with E-state index >= 15 is 0 Å². The molecule has 21 heavy (non-hydrogen) atoms. The van der Waals surface area contributed by atoms with E-state index in [0.717, 1.165) is 11.1 Å². The molecule has 0 aromatic heterocycles. The van der Waals surface area contributed by atoms with Crippen LogP contribution in [0.3, 0.4) is 0 Å². The summed E-state index contributed by atoms with van der Waals surface area (Å²) in [6.07, 6.45) is 0. The normalized spacial score (nSPS) is 14.2. The second kappa shape index (κ2) is 5.92. The van der Waals surface area contributed by atoms with Crippen LogP contribution in [0.5, 0.6) is 11.5 Å². The molecule has 1 aliphatic heterocycles. The van der Waals surface area contributed by atoms with E-state index < -0.39 is 0 Å². The van der Waals surface area contributed by atoms with Crippen molar-refractivity contribution in [2.45, 2.75) is 19.5 Å². The van der Waals surface area contributed by atoms with Gasteiger partial charge in [0.25, 0.3) is 0 Å². The molecule has 0 spiro atoms. The standard InChI is InChI=1S/C16H15ClFNO2/c1-10(12-2-4-13(18)5-3-12)19-8-11-6-14(17)16-15(7-11)20-9-21-16/h2-7,10,19H,8-9H2,1H3/t10-/m1/s1. The van der Waals surface area contributed by atoms with Gasteiger partial charge in [0.05, 0.1) is 5.02 Å². The molecule has 5 heteroatoms. The summed E-state index contributed by atoms with van der Waals surface area (Å²) in [6.45, 7) is 2.87. The molecule has 0 radical (unpaired) electrons. The summed E-state index contributed by atoms with van der Waals surface area (Å²) in [5.74, 6) is 1.05. The van der Waals surface area contributed by atoms with Crippen LogP contribution in [-0.4, -0.2) is 6.79 Å². The van der Waals surface area contributed by atoms with Gasteiger partial charge in [-0.05, 0) is 42.3 Å². The Kier molecular flexibility index (Phi) is 3.99. The SMILES string of the molecule is C[C@@H](NCc1cc(Cl)c2c(c1)OCO2)c1ccc(F)cc1. The van der Waals surface area contributed by atoms with Crippen molar-refractivity contribution in [3.05, 3.63) is 58.4 Å². The molecule has 0 fully saturated rings. The lowest BCUT2D eigenvalue weighted by molar-refractivity contribution is 0.174. The number of nitrogens with one attached hydrogen (secondary N) is 1. The van der Waals surface area contributed by atoms with Gasteiger partial charge in [0.15, 0.2) is 11.5 Å². The van der Waals surface area contributed by atoms with Gasteiger partial charge in [0.2, 0.25) is 6.79 Å². The zero-order valence-electron chi connectivity index (χ0n) is 11.5. The molecule has 0 saturated heterocycles. The molecule has 1 N–H and O–H groups in total. The number of fused-ring (bicyclic) bond motifs is 1. The van der Waals surface area contributed by atoms with Crippen LogP contribution in [0.4, 0.5) is 4.39 Å². The third-order valence-electron chi connectivity index (χ3n) is 3.47. The third-order valence-corrected chi connectivity index (χ3v) is 3.75. The molecule has 3 nitrogen and oxygen atoms in total. The molecule has 1 aliphatic rings. The molecule has 3 rings (SSSR count). The maximum absolute atomic E-state index is 12.9. The first-order valence-electron chi connectivity index (χ1n) is 6.70. The lowest BCUT2D eigenvalue weighted by Crippen LogP contribution is -2.18. The summed E-state index contributed by atoms with van der Waals surface area (Å²) < 4.78 is 23.5. The Balaban J connectivity index is 1.67. The van der Waals surface area contributed by atoms with Gasteiger partial charge in [0.1, 0.15) is 5.82 Å². The van der Waals surface area contributed by atoms with Crippen molar-refractivity contribution in [3.8, 4) is 11.5 Å². The molecule has 0 saturated carbocycles. The minimum absolute atomic E-state index is 0.106. The maximum atomic E-state index is 12.9. The number of benzene rings is 2. The van der Waals surface area contributed by atoms with Crippen molar-refractivity contribution in [2.24, 2.45) is 0 Å². The van der Waals surface area contributed by atoms with E-state index in [9.17, 15) is 4.39 Å². The van der Waals surface area contributed by atoms with Crippen LogP contribution in [0.2, 0.25) is 5.02 Å². The number of hydrogen-bond acceptors (Lipinski definition) is 3. The van der Waals surface area contributed by atoms with Gasteiger partial charge >= 0.3 is 0 Å². The first-order chi connectivity index (χ1) is 10.1. The molecule has 2 aromatic carbocycles. The summed E-state index contributed by atoms with van der Waals surface area (Å²) in [7, 11) is 0. The molecule has 110 valence electrons. The topological polar surface area (TPSA) is 30.5 Å². The Hall–Kier alpha value is -1.78. The highest BCUT2D eigenvalue weighted by molar-refractivity contribution is 6.32. The van der Waals surface area contributed by atoms with Crippen molar-refractivity contribution < 1.29 is 13.9 Å². The Morgan fingerprint density at radius 2 is 2.00 bits per heavy atom. The van der Waals surface area contributed by atoms with Crippen molar-refractivity contribution in [1.82, 2.24) is 5.32 Å². The van der Waals surface area contributed by atoms with Gasteiger partial charge in [-0.1, -0.05) is 23.7 Å². The summed E-state index contributed by atoms with van der Waals surface area (Å²) in [4.78, 5) is 0. The highest BCUT2D eigenvalue weighted by atomic mass is 35.5. The van der Waals surface area contributed by atoms with Gasteiger partial charge in [-0.2, -0.15) is 0 Å². The minimum Gasteiger partial charge on any atom is -0.454 e. The first-order valence-corrected chi connectivity index (χ1v) is 7.08. The van der Waals surface area contributed by atoms with E-state index in [1.54, 1.807) is 12.1 Å². The van der Waals surface area contributed by atoms with Crippen LogP contribution in [0.1, 0.15) is 24.1 Å². The molecular weight excluding hydrogens is 293 g/mol. The van der Waals surface area contributed by atoms with Crippen molar-refractivity contribution in [3.63, 3.8) is 0 Å². The summed E-state index contributed by atoms with van der Waals surface area (Å²) >= 11 is 6.15. The van der Waals surface area contributed by atoms with Crippen LogP contribution in [0.25, 0.3) is 0 Å². The Morgan fingerprint density at radius 1 is 1.24 bits per heavy atom. The van der Waals surface area contributed by atoms with Crippen molar-refractivity contribution in [2.75, 3.05) is 6.79 Å². The third kappa shape index (κ3) is 3.12. The van der Waals surface area contributed by atoms with Crippen LogP contribution >= 0.6 is 11.6 Å². The smallest absolute Gasteiger partial charge is 0.231 e. The highest BCUT2D eigenvalue weighted by Crippen LogP contribution is 2.39. The predicted molar refractivity (Wildman–Crippen MR) is 79.2 cm³/mol. The molecule has 0 amide bonds. The fraction of sp³-hybridized carbons (Fsp3) is 0.250.